The highest BCUT2D eigenvalue weighted by molar-refractivity contribution is 8.01. The smallest absolute Gasteiger partial charge is 0.308 e. The summed E-state index contributed by atoms with van der Waals surface area (Å²) in [6, 6.07) is 9.51. The van der Waals surface area contributed by atoms with Crippen molar-refractivity contribution in [3.8, 4) is 5.75 Å². The number of aromatic nitrogens is 1. The van der Waals surface area contributed by atoms with Gasteiger partial charge in [0.1, 0.15) is 5.75 Å². The van der Waals surface area contributed by atoms with Crippen LogP contribution in [0.3, 0.4) is 0 Å². The van der Waals surface area contributed by atoms with Gasteiger partial charge in [-0.25, -0.2) is 0 Å². The highest BCUT2D eigenvalue weighted by Crippen LogP contribution is 2.33. The van der Waals surface area contributed by atoms with Gasteiger partial charge in [-0.15, -0.1) is 23.1 Å². The molecule has 3 heterocycles. The Hall–Kier alpha value is -2.13. The van der Waals surface area contributed by atoms with Gasteiger partial charge in [-0.1, -0.05) is 17.7 Å². The fourth-order valence-electron chi connectivity index (χ4n) is 4.52. The molecular formula is C25H27ClN2O4S2. The maximum absolute atomic E-state index is 13.2. The van der Waals surface area contributed by atoms with E-state index in [0.717, 1.165) is 25.3 Å². The van der Waals surface area contributed by atoms with Crippen LogP contribution in [-0.2, 0) is 4.79 Å². The van der Waals surface area contributed by atoms with Gasteiger partial charge in [-0.3, -0.25) is 14.6 Å². The number of fused-ring (bicyclic) bond motifs is 1. The summed E-state index contributed by atoms with van der Waals surface area (Å²) < 4.78 is 6.58. The standard InChI is InChI=1S/C25H27ClN2O4S2/c1-32-17-5-6-21-18(13-17)24(20(26)14-27-21)22(29)7-4-16-8-9-28(15-19(16)25(30)31)10-12-34-23-3-2-11-33-23/h2-3,5-6,11,13-14,16,19H,4,7-10,12,15H2,1H3,(H,30,31)/t16-,19+/m0/s1. The predicted octanol–water partition coefficient (Wildman–Crippen LogP) is 5.74. The third-order valence-corrected chi connectivity index (χ3v) is 8.75. The second-order valence-corrected chi connectivity index (χ2v) is 11.2. The Morgan fingerprint density at radius 1 is 1.35 bits per heavy atom. The predicted molar refractivity (Wildman–Crippen MR) is 138 cm³/mol. The van der Waals surface area contributed by atoms with Crippen LogP contribution in [0.2, 0.25) is 5.02 Å². The summed E-state index contributed by atoms with van der Waals surface area (Å²) in [5, 5.41) is 12.9. The van der Waals surface area contributed by atoms with Gasteiger partial charge in [-0.05, 0) is 54.9 Å². The Kier molecular flexibility index (Phi) is 8.47. The summed E-state index contributed by atoms with van der Waals surface area (Å²) in [5.41, 5.74) is 1.10. The molecule has 2 atom stereocenters. The number of benzene rings is 1. The van der Waals surface area contributed by atoms with Gasteiger partial charge >= 0.3 is 5.97 Å². The second kappa shape index (κ2) is 11.5. The van der Waals surface area contributed by atoms with Crippen LogP contribution in [0.25, 0.3) is 10.9 Å². The molecule has 1 saturated heterocycles. The Bertz CT molecular complexity index is 1160. The molecule has 0 aliphatic carbocycles. The van der Waals surface area contributed by atoms with Crippen LogP contribution < -0.4 is 4.74 Å². The van der Waals surface area contributed by atoms with Crippen molar-refractivity contribution < 1.29 is 19.4 Å². The first-order valence-electron chi connectivity index (χ1n) is 11.2. The van der Waals surface area contributed by atoms with E-state index in [9.17, 15) is 14.7 Å². The molecule has 1 aromatic carbocycles. The summed E-state index contributed by atoms with van der Waals surface area (Å²) >= 11 is 9.90. The number of rotatable bonds is 10. The third-order valence-electron chi connectivity index (χ3n) is 6.35. The van der Waals surface area contributed by atoms with Crippen LogP contribution >= 0.6 is 34.7 Å². The number of pyridine rings is 1. The molecule has 0 unspecified atom stereocenters. The average molecular weight is 519 g/mol. The van der Waals surface area contributed by atoms with E-state index in [1.165, 1.54) is 10.4 Å². The number of thioether (sulfide) groups is 1. The lowest BCUT2D eigenvalue weighted by Crippen LogP contribution is -2.44. The number of Topliss-reactive ketones (excluding diaryl/α,β-unsaturated/α-hetero) is 1. The minimum atomic E-state index is -0.787. The number of likely N-dealkylation sites (tertiary alicyclic amines) is 1. The first kappa shape index (κ1) is 25.0. The number of carboxylic acid groups (broad SMARTS) is 1. The van der Waals surface area contributed by atoms with Crippen LogP contribution in [0.4, 0.5) is 0 Å². The minimum Gasteiger partial charge on any atom is -0.497 e. The van der Waals surface area contributed by atoms with Crippen molar-refractivity contribution in [1.82, 2.24) is 9.88 Å². The third kappa shape index (κ3) is 5.92. The molecule has 1 aliphatic rings. The van der Waals surface area contributed by atoms with Crippen molar-refractivity contribution >= 4 is 57.4 Å². The summed E-state index contributed by atoms with van der Waals surface area (Å²) in [4.78, 5) is 31.8. The lowest BCUT2D eigenvalue weighted by molar-refractivity contribution is -0.146. The van der Waals surface area contributed by atoms with Gasteiger partial charge < -0.3 is 14.7 Å². The van der Waals surface area contributed by atoms with Gasteiger partial charge in [0.2, 0.25) is 0 Å². The highest BCUT2D eigenvalue weighted by atomic mass is 35.5. The Morgan fingerprint density at radius 2 is 2.21 bits per heavy atom. The van der Waals surface area contributed by atoms with E-state index in [-0.39, 0.29) is 18.1 Å². The normalized spacial score (nSPS) is 18.8. The maximum atomic E-state index is 13.2. The van der Waals surface area contributed by atoms with Crippen LogP contribution in [0.15, 0.2) is 46.1 Å². The Balaban J connectivity index is 1.38. The number of thiophene rings is 1. The first-order chi connectivity index (χ1) is 16.5. The molecule has 34 heavy (non-hydrogen) atoms. The molecular weight excluding hydrogens is 492 g/mol. The van der Waals surface area contributed by atoms with Crippen molar-refractivity contribution in [3.63, 3.8) is 0 Å². The molecule has 3 aromatic rings. The molecule has 6 nitrogen and oxygen atoms in total. The number of hydrogen-bond donors (Lipinski definition) is 1. The molecule has 0 amide bonds. The van der Waals surface area contributed by atoms with E-state index in [0.29, 0.717) is 40.2 Å². The lowest BCUT2D eigenvalue weighted by atomic mass is 9.81. The highest BCUT2D eigenvalue weighted by Gasteiger charge is 2.34. The zero-order chi connectivity index (χ0) is 24.1. The number of carboxylic acids is 1. The minimum absolute atomic E-state index is 0.0379. The number of halogens is 1. The molecule has 0 spiro atoms. The fraction of sp³-hybridized carbons (Fsp3) is 0.400. The van der Waals surface area contributed by atoms with Crippen LogP contribution in [0, 0.1) is 11.8 Å². The number of aliphatic carboxylic acids is 1. The molecule has 0 radical (unpaired) electrons. The largest absolute Gasteiger partial charge is 0.497 e. The van der Waals surface area contributed by atoms with Crippen molar-refractivity contribution in [2.24, 2.45) is 11.8 Å². The number of ketones is 1. The van der Waals surface area contributed by atoms with Gasteiger partial charge in [0.15, 0.2) is 5.78 Å². The molecule has 2 aromatic heterocycles. The summed E-state index contributed by atoms with van der Waals surface area (Å²) in [5.74, 6) is 0.172. The molecule has 0 bridgehead atoms. The van der Waals surface area contributed by atoms with Crippen molar-refractivity contribution in [2.45, 2.75) is 23.5 Å². The van der Waals surface area contributed by atoms with Gasteiger partial charge in [0, 0.05) is 42.4 Å². The molecule has 1 aliphatic heterocycles. The van der Waals surface area contributed by atoms with Crippen LogP contribution in [0.1, 0.15) is 29.6 Å². The Morgan fingerprint density at radius 3 is 2.94 bits per heavy atom. The van der Waals surface area contributed by atoms with E-state index in [4.69, 9.17) is 16.3 Å². The average Bonchev–Trinajstić information content (AvgIpc) is 3.36. The SMILES string of the molecule is COc1ccc2ncc(Cl)c(C(=O)CC[C@H]3CCN(CCSc4cccs4)C[C@H]3C(=O)O)c2c1. The number of hydrogen-bond acceptors (Lipinski definition) is 7. The van der Waals surface area contributed by atoms with E-state index in [1.807, 2.05) is 6.07 Å². The van der Waals surface area contributed by atoms with Gasteiger partial charge in [0.25, 0.3) is 0 Å². The molecule has 4 rings (SSSR count). The van der Waals surface area contributed by atoms with E-state index >= 15 is 0 Å². The maximum Gasteiger partial charge on any atom is 0.308 e. The lowest BCUT2D eigenvalue weighted by Gasteiger charge is -2.36. The molecule has 9 heteroatoms. The number of piperidine rings is 1. The first-order valence-corrected chi connectivity index (χ1v) is 13.5. The molecule has 0 saturated carbocycles. The van der Waals surface area contributed by atoms with E-state index < -0.39 is 11.9 Å². The quantitative estimate of drug-likeness (QED) is 0.271. The number of carbonyl (C=O) groups is 2. The van der Waals surface area contributed by atoms with Gasteiger partial charge in [-0.2, -0.15) is 0 Å². The molecule has 1 N–H and O–H groups in total. The van der Waals surface area contributed by atoms with Crippen molar-refractivity contribution in [3.05, 3.63) is 52.5 Å². The summed E-state index contributed by atoms with van der Waals surface area (Å²) in [6.07, 6.45) is 3.04. The summed E-state index contributed by atoms with van der Waals surface area (Å²) in [6.45, 7) is 2.23. The summed E-state index contributed by atoms with van der Waals surface area (Å²) in [7, 11) is 1.57. The van der Waals surface area contributed by atoms with Crippen LogP contribution in [-0.4, -0.2) is 59.2 Å². The second-order valence-electron chi connectivity index (χ2n) is 8.40. The van der Waals surface area contributed by atoms with E-state index in [2.05, 4.69) is 21.3 Å². The van der Waals surface area contributed by atoms with Crippen molar-refractivity contribution in [2.75, 3.05) is 32.5 Å². The van der Waals surface area contributed by atoms with Gasteiger partial charge in [0.05, 0.1) is 27.8 Å². The monoisotopic (exact) mass is 518 g/mol. The molecule has 180 valence electrons. The zero-order valence-corrected chi connectivity index (χ0v) is 21.3. The molecule has 1 fully saturated rings. The number of methoxy groups -OCH3 is 1. The number of carbonyl (C=O) groups excluding carboxylic acids is 1. The Labute approximate surface area is 212 Å². The number of nitrogens with zero attached hydrogens (tertiary/aromatic N) is 2. The topological polar surface area (TPSA) is 79.7 Å². The van der Waals surface area contributed by atoms with E-state index in [1.54, 1.807) is 48.4 Å². The zero-order valence-electron chi connectivity index (χ0n) is 18.9. The van der Waals surface area contributed by atoms with Crippen LogP contribution in [0.5, 0.6) is 5.75 Å². The fourth-order valence-corrected chi connectivity index (χ4v) is 6.64. The van der Waals surface area contributed by atoms with Crippen molar-refractivity contribution in [1.29, 1.82) is 0 Å². The number of ether oxygens (including phenoxy) is 1.